The second-order valence-corrected chi connectivity index (χ2v) is 3.98. The number of carbonyl (C=O) groups is 1. The Balaban J connectivity index is 3.37. The van der Waals surface area contributed by atoms with Crippen LogP contribution < -0.4 is 9.83 Å². The van der Waals surface area contributed by atoms with Gasteiger partial charge in [-0.05, 0) is 12.8 Å². The maximum atomic E-state index is 10.4. The molecule has 1 N–H and O–H groups in total. The van der Waals surface area contributed by atoms with Crippen molar-refractivity contribution in [1.29, 1.82) is 0 Å². The number of aliphatic carboxylic acids is 1. The van der Waals surface area contributed by atoms with Crippen LogP contribution in [-0.4, -0.2) is 27.2 Å². The third-order valence-corrected chi connectivity index (χ3v) is 1.65. The Morgan fingerprint density at radius 1 is 1.55 bits per heavy atom. The Hall–Kier alpha value is -0.620. The van der Waals surface area contributed by atoms with E-state index in [9.17, 15) is 18.3 Å². The van der Waals surface area contributed by atoms with Crippen molar-refractivity contribution in [2.45, 2.75) is 12.8 Å². The van der Waals surface area contributed by atoms with Gasteiger partial charge in [0, 0.05) is 12.5 Å². The summed E-state index contributed by atoms with van der Waals surface area (Å²) in [7, 11) is -3.19. The molecule has 0 radical (unpaired) electrons. The highest BCUT2D eigenvalue weighted by molar-refractivity contribution is 7.88. The number of carboxylic acid groups (broad SMARTS) is 1. The molecule has 0 fully saturated rings. The van der Waals surface area contributed by atoms with Crippen LogP contribution in [0, 0.1) is 0 Å². The van der Waals surface area contributed by atoms with Crippen LogP contribution in [0.1, 0.15) is 12.8 Å². The summed E-state index contributed by atoms with van der Waals surface area (Å²) < 4.78 is 23.0. The van der Waals surface area contributed by atoms with Crippen LogP contribution in [0.3, 0.4) is 0 Å². The molecule has 66 valence electrons. The molecule has 6 heteroatoms. The minimum Gasteiger partial charge on any atom is -0.550 e. The first-order valence-corrected chi connectivity index (χ1v) is 4.95. The second-order valence-electron chi connectivity index (χ2n) is 2.14. The molecule has 0 atom stereocenters. The normalized spacial score (nSPS) is 11.4. The van der Waals surface area contributed by atoms with Crippen LogP contribution in [0.25, 0.3) is 0 Å². The van der Waals surface area contributed by atoms with Crippen molar-refractivity contribution in [2.75, 3.05) is 12.8 Å². The van der Waals surface area contributed by atoms with Crippen molar-refractivity contribution in [1.82, 2.24) is 4.72 Å². The van der Waals surface area contributed by atoms with E-state index in [0.717, 1.165) is 6.26 Å². The van der Waals surface area contributed by atoms with Crippen LogP contribution in [0.4, 0.5) is 0 Å². The van der Waals surface area contributed by atoms with Crippen LogP contribution >= 0.6 is 0 Å². The summed E-state index contributed by atoms with van der Waals surface area (Å²) in [4.78, 5) is 9.84. The number of carboxylic acids is 1. The van der Waals surface area contributed by atoms with Crippen molar-refractivity contribution >= 4 is 16.0 Å². The Morgan fingerprint density at radius 2 is 2.09 bits per heavy atom. The van der Waals surface area contributed by atoms with E-state index in [1.165, 1.54) is 0 Å². The first-order chi connectivity index (χ1) is 4.92. The quantitative estimate of drug-likeness (QED) is 0.499. The Kier molecular flexibility index (Phi) is 4.06. The van der Waals surface area contributed by atoms with Crippen molar-refractivity contribution in [3.63, 3.8) is 0 Å². The second kappa shape index (κ2) is 4.30. The Labute approximate surface area is 65.5 Å². The van der Waals surface area contributed by atoms with Crippen LogP contribution in [0.2, 0.25) is 0 Å². The predicted molar refractivity (Wildman–Crippen MR) is 37.1 cm³/mol. The van der Waals surface area contributed by atoms with E-state index in [0.29, 0.717) is 0 Å². The summed E-state index contributed by atoms with van der Waals surface area (Å²) in [6.45, 7) is 0.146. The van der Waals surface area contributed by atoms with Gasteiger partial charge in [0.2, 0.25) is 10.0 Å². The Morgan fingerprint density at radius 3 is 2.45 bits per heavy atom. The summed E-state index contributed by atoms with van der Waals surface area (Å²) in [6.07, 6.45) is 1.16. The van der Waals surface area contributed by atoms with Crippen LogP contribution in [-0.2, 0) is 14.8 Å². The molecule has 0 aromatic heterocycles. The van der Waals surface area contributed by atoms with E-state index in [4.69, 9.17) is 0 Å². The minimum atomic E-state index is -3.19. The molecule has 0 aromatic carbocycles. The van der Waals surface area contributed by atoms with Gasteiger partial charge in [0.25, 0.3) is 0 Å². The highest BCUT2D eigenvalue weighted by Gasteiger charge is 1.97. The average Bonchev–Trinajstić information content (AvgIpc) is 1.78. The fourth-order valence-electron chi connectivity index (χ4n) is 0.490. The van der Waals surface area contributed by atoms with Gasteiger partial charge in [-0.3, -0.25) is 0 Å². The highest BCUT2D eigenvalue weighted by atomic mass is 32.2. The highest BCUT2D eigenvalue weighted by Crippen LogP contribution is 1.85. The number of hydrogen-bond donors (Lipinski definition) is 1. The molecule has 11 heavy (non-hydrogen) atoms. The fourth-order valence-corrected chi connectivity index (χ4v) is 1.01. The minimum absolute atomic E-state index is 0.123. The lowest BCUT2D eigenvalue weighted by atomic mass is 10.3. The van der Waals surface area contributed by atoms with Gasteiger partial charge in [-0.2, -0.15) is 0 Å². The monoisotopic (exact) mass is 180 g/mol. The molecule has 0 bridgehead atoms. The molecule has 0 saturated heterocycles. The number of nitrogens with one attached hydrogen (secondary N) is 1. The first kappa shape index (κ1) is 10.4. The largest absolute Gasteiger partial charge is 0.550 e. The molecule has 0 aliphatic heterocycles. The summed E-state index contributed by atoms with van der Waals surface area (Å²) in [5.74, 6) is -1.17. The average molecular weight is 180 g/mol. The lowest BCUT2D eigenvalue weighted by Crippen LogP contribution is -2.26. The van der Waals surface area contributed by atoms with E-state index >= 15 is 0 Å². The third kappa shape index (κ3) is 9.38. The third-order valence-electron chi connectivity index (χ3n) is 0.922. The molecule has 0 unspecified atom stereocenters. The van der Waals surface area contributed by atoms with E-state index in [-0.39, 0.29) is 19.4 Å². The van der Waals surface area contributed by atoms with E-state index in [2.05, 4.69) is 4.72 Å². The first-order valence-electron chi connectivity index (χ1n) is 3.06. The fraction of sp³-hybridized carbons (Fsp3) is 0.800. The van der Waals surface area contributed by atoms with Crippen LogP contribution in [0.15, 0.2) is 0 Å². The lowest BCUT2D eigenvalue weighted by molar-refractivity contribution is -0.305. The van der Waals surface area contributed by atoms with Crippen LogP contribution in [0.5, 0.6) is 0 Å². The molecule has 0 aromatic rings. The number of hydrogen-bond acceptors (Lipinski definition) is 4. The maximum absolute atomic E-state index is 10.4. The number of rotatable bonds is 5. The predicted octanol–water partition coefficient (Wildman–Crippen LogP) is -1.93. The number of sulfonamides is 1. The standard InChI is InChI=1S/C5H11NO4S/c1-11(9,10)6-4-2-3-5(7)8/h6H,2-4H2,1H3,(H,7,8)/p-1. The lowest BCUT2D eigenvalue weighted by Gasteiger charge is -2.02. The summed E-state index contributed by atoms with van der Waals surface area (Å²) in [6, 6.07) is 0. The van der Waals surface area contributed by atoms with Gasteiger partial charge in [0.15, 0.2) is 0 Å². The van der Waals surface area contributed by atoms with Crippen molar-refractivity contribution in [3.8, 4) is 0 Å². The zero-order valence-corrected chi connectivity index (χ0v) is 6.98. The van der Waals surface area contributed by atoms with Gasteiger partial charge in [-0.15, -0.1) is 0 Å². The van der Waals surface area contributed by atoms with Crippen molar-refractivity contribution in [2.24, 2.45) is 0 Å². The van der Waals surface area contributed by atoms with Gasteiger partial charge < -0.3 is 9.90 Å². The molecular formula is C5H10NO4S-. The summed E-state index contributed by atoms with van der Waals surface area (Å²) in [5.41, 5.74) is 0. The van der Waals surface area contributed by atoms with Gasteiger partial charge >= 0.3 is 0 Å². The molecule has 0 aliphatic carbocycles. The topological polar surface area (TPSA) is 86.3 Å². The molecule has 0 heterocycles. The number of carbonyl (C=O) groups excluding carboxylic acids is 1. The molecule has 5 nitrogen and oxygen atoms in total. The molecule has 0 saturated carbocycles. The van der Waals surface area contributed by atoms with Gasteiger partial charge in [0.1, 0.15) is 0 Å². The van der Waals surface area contributed by atoms with E-state index in [1.807, 2.05) is 0 Å². The maximum Gasteiger partial charge on any atom is 0.208 e. The zero-order chi connectivity index (χ0) is 8.91. The molecular weight excluding hydrogens is 170 g/mol. The molecule has 0 spiro atoms. The van der Waals surface area contributed by atoms with E-state index in [1.54, 1.807) is 0 Å². The van der Waals surface area contributed by atoms with Crippen molar-refractivity contribution < 1.29 is 18.3 Å². The summed E-state index contributed by atoms with van der Waals surface area (Å²) in [5, 5.41) is 9.84. The summed E-state index contributed by atoms with van der Waals surface area (Å²) >= 11 is 0. The van der Waals surface area contributed by atoms with E-state index < -0.39 is 16.0 Å². The van der Waals surface area contributed by atoms with Crippen molar-refractivity contribution in [3.05, 3.63) is 0 Å². The smallest absolute Gasteiger partial charge is 0.208 e. The van der Waals surface area contributed by atoms with Gasteiger partial charge in [-0.1, -0.05) is 0 Å². The molecule has 0 aliphatic rings. The van der Waals surface area contributed by atoms with Gasteiger partial charge in [0.05, 0.1) is 6.26 Å². The van der Waals surface area contributed by atoms with Gasteiger partial charge in [-0.25, -0.2) is 13.1 Å². The SMILES string of the molecule is CS(=O)(=O)NCCCC(=O)[O-]. The zero-order valence-electron chi connectivity index (χ0n) is 6.16. The molecule has 0 amide bonds. The Bertz CT molecular complexity index is 221. The molecule has 0 rings (SSSR count).